The molecule has 0 spiro atoms. The number of benzene rings is 1. The summed E-state index contributed by atoms with van der Waals surface area (Å²) < 4.78 is 12.2. The summed E-state index contributed by atoms with van der Waals surface area (Å²) in [5, 5.41) is 0. The zero-order valence-corrected chi connectivity index (χ0v) is 23.2. The highest BCUT2D eigenvalue weighted by Gasteiger charge is 2.33. The minimum atomic E-state index is -0.357. The number of pyridine rings is 1. The fourth-order valence-corrected chi connectivity index (χ4v) is 5.69. The Kier molecular flexibility index (Phi) is 7.84. The van der Waals surface area contributed by atoms with Crippen LogP contribution in [0.3, 0.4) is 0 Å². The zero-order valence-electron chi connectivity index (χ0n) is 21.5. The van der Waals surface area contributed by atoms with Gasteiger partial charge in [0.15, 0.2) is 0 Å². The van der Waals surface area contributed by atoms with Crippen molar-refractivity contribution >= 4 is 57.8 Å². The highest BCUT2D eigenvalue weighted by molar-refractivity contribution is 8.26. The molecule has 2 fully saturated rings. The number of aromatic nitrogens is 2. The van der Waals surface area contributed by atoms with Gasteiger partial charge in [-0.25, -0.2) is 9.78 Å². The van der Waals surface area contributed by atoms with Gasteiger partial charge < -0.3 is 19.3 Å². The summed E-state index contributed by atoms with van der Waals surface area (Å²) in [6.07, 6.45) is 2.89. The quantitative estimate of drug-likeness (QED) is 0.329. The van der Waals surface area contributed by atoms with E-state index in [1.165, 1.54) is 9.30 Å². The molecule has 2 saturated heterocycles. The van der Waals surface area contributed by atoms with Crippen LogP contribution in [0.2, 0.25) is 0 Å². The van der Waals surface area contributed by atoms with Gasteiger partial charge in [0, 0.05) is 32.4 Å². The number of methoxy groups -OCH3 is 1. The van der Waals surface area contributed by atoms with Crippen LogP contribution in [0.1, 0.15) is 18.1 Å². The van der Waals surface area contributed by atoms with Crippen molar-refractivity contribution in [3.05, 3.63) is 75.0 Å². The van der Waals surface area contributed by atoms with Gasteiger partial charge in [0.05, 0.1) is 30.7 Å². The van der Waals surface area contributed by atoms with Crippen LogP contribution in [-0.2, 0) is 16.1 Å². The van der Waals surface area contributed by atoms with Gasteiger partial charge in [-0.1, -0.05) is 42.2 Å². The molecule has 0 aliphatic carbocycles. The molecular formula is C27H27N5O5S2. The Morgan fingerprint density at radius 3 is 2.54 bits per heavy atom. The fourth-order valence-electron chi connectivity index (χ4n) is 4.45. The number of carbonyl (C=O) groups is 2. The summed E-state index contributed by atoms with van der Waals surface area (Å²) >= 11 is 6.69. The average molecular weight is 566 g/mol. The summed E-state index contributed by atoms with van der Waals surface area (Å²) in [6, 6.07) is 12.8. The molecule has 2 aromatic heterocycles. The molecule has 0 N–H and O–H groups in total. The zero-order chi connectivity index (χ0) is 27.5. The van der Waals surface area contributed by atoms with Gasteiger partial charge in [0.25, 0.3) is 11.5 Å². The van der Waals surface area contributed by atoms with Crippen LogP contribution < -0.4 is 15.2 Å². The first kappa shape index (κ1) is 26.7. The molecule has 10 nitrogen and oxygen atoms in total. The third kappa shape index (κ3) is 5.48. The van der Waals surface area contributed by atoms with Crippen LogP contribution in [-0.4, -0.2) is 75.4 Å². The largest absolute Gasteiger partial charge is 0.497 e. The number of fused-ring (bicyclic) bond motifs is 1. The Labute approximate surface area is 234 Å². The predicted molar refractivity (Wildman–Crippen MR) is 154 cm³/mol. The monoisotopic (exact) mass is 565 g/mol. The average Bonchev–Trinajstić information content (AvgIpc) is 3.22. The number of anilines is 1. The summed E-state index contributed by atoms with van der Waals surface area (Å²) in [5.41, 5.74) is 1.41. The van der Waals surface area contributed by atoms with Crippen molar-refractivity contribution in [1.29, 1.82) is 0 Å². The maximum atomic E-state index is 13.6. The maximum absolute atomic E-state index is 13.6. The molecule has 2 aliphatic heterocycles. The number of piperazine rings is 1. The van der Waals surface area contributed by atoms with E-state index >= 15 is 0 Å². The van der Waals surface area contributed by atoms with Crippen molar-refractivity contribution < 1.29 is 19.1 Å². The lowest BCUT2D eigenvalue weighted by Gasteiger charge is -2.35. The molecule has 0 radical (unpaired) electrons. The van der Waals surface area contributed by atoms with E-state index in [2.05, 4.69) is 0 Å². The maximum Gasteiger partial charge on any atom is 0.409 e. The summed E-state index contributed by atoms with van der Waals surface area (Å²) in [5.74, 6) is 0.926. The van der Waals surface area contributed by atoms with Crippen LogP contribution in [0.25, 0.3) is 11.7 Å². The Morgan fingerprint density at radius 2 is 1.85 bits per heavy atom. The van der Waals surface area contributed by atoms with E-state index < -0.39 is 0 Å². The van der Waals surface area contributed by atoms with Crippen molar-refractivity contribution in [3.8, 4) is 5.75 Å². The SMILES string of the molecule is CCOC(=O)N1CCN(c2nc3ccccn3c(=O)c2C=C2SC(=S)N(Cc3ccc(OC)cc3)C2=O)CC1. The number of amides is 2. The lowest BCUT2D eigenvalue weighted by molar-refractivity contribution is -0.122. The molecule has 5 rings (SSSR count). The summed E-state index contributed by atoms with van der Waals surface area (Å²) in [6.45, 7) is 4.18. The van der Waals surface area contributed by atoms with Crippen molar-refractivity contribution in [2.45, 2.75) is 13.5 Å². The summed E-state index contributed by atoms with van der Waals surface area (Å²) in [4.78, 5) is 49.5. The van der Waals surface area contributed by atoms with Crippen LogP contribution in [0.4, 0.5) is 10.6 Å². The molecule has 0 atom stereocenters. The minimum Gasteiger partial charge on any atom is -0.497 e. The molecule has 2 amide bonds. The van der Waals surface area contributed by atoms with E-state index in [1.807, 2.05) is 35.2 Å². The highest BCUT2D eigenvalue weighted by atomic mass is 32.2. The van der Waals surface area contributed by atoms with Crippen molar-refractivity contribution in [2.75, 3.05) is 44.8 Å². The first-order valence-electron chi connectivity index (χ1n) is 12.5. The van der Waals surface area contributed by atoms with Gasteiger partial charge in [-0.15, -0.1) is 0 Å². The van der Waals surface area contributed by atoms with Gasteiger partial charge >= 0.3 is 6.09 Å². The molecule has 39 heavy (non-hydrogen) atoms. The van der Waals surface area contributed by atoms with Crippen molar-refractivity contribution in [1.82, 2.24) is 19.2 Å². The Balaban J connectivity index is 1.46. The second kappa shape index (κ2) is 11.5. The van der Waals surface area contributed by atoms with E-state index in [1.54, 1.807) is 43.3 Å². The first-order valence-corrected chi connectivity index (χ1v) is 13.7. The molecule has 0 saturated carbocycles. The second-order valence-corrected chi connectivity index (χ2v) is 10.5. The number of rotatable bonds is 6. The highest BCUT2D eigenvalue weighted by Crippen LogP contribution is 2.34. The Hall–Kier alpha value is -3.90. The van der Waals surface area contributed by atoms with E-state index in [9.17, 15) is 14.4 Å². The van der Waals surface area contributed by atoms with Crippen LogP contribution in [0, 0.1) is 0 Å². The smallest absolute Gasteiger partial charge is 0.409 e. The van der Waals surface area contributed by atoms with Crippen LogP contribution in [0.5, 0.6) is 5.75 Å². The van der Waals surface area contributed by atoms with E-state index in [4.69, 9.17) is 26.7 Å². The Bertz CT molecular complexity index is 1510. The third-order valence-corrected chi connectivity index (χ3v) is 7.88. The van der Waals surface area contributed by atoms with Crippen molar-refractivity contribution in [2.24, 2.45) is 0 Å². The fraction of sp³-hybridized carbons (Fsp3) is 0.296. The van der Waals surface area contributed by atoms with Gasteiger partial charge in [-0.05, 0) is 42.8 Å². The van der Waals surface area contributed by atoms with Gasteiger partial charge in [0.2, 0.25) is 0 Å². The molecule has 202 valence electrons. The molecule has 0 bridgehead atoms. The van der Waals surface area contributed by atoms with Gasteiger partial charge in [-0.3, -0.25) is 18.9 Å². The number of nitrogens with zero attached hydrogens (tertiary/aromatic N) is 5. The van der Waals surface area contributed by atoms with Crippen LogP contribution >= 0.6 is 24.0 Å². The number of ether oxygens (including phenoxy) is 2. The lowest BCUT2D eigenvalue weighted by atomic mass is 10.2. The normalized spacial score (nSPS) is 16.9. The van der Waals surface area contributed by atoms with Crippen molar-refractivity contribution in [3.63, 3.8) is 0 Å². The number of hydrogen-bond donors (Lipinski definition) is 0. The van der Waals surface area contributed by atoms with Gasteiger partial charge in [0.1, 0.15) is 21.5 Å². The minimum absolute atomic E-state index is 0.267. The third-order valence-electron chi connectivity index (χ3n) is 6.50. The molecule has 1 aromatic carbocycles. The first-order chi connectivity index (χ1) is 18.9. The van der Waals surface area contributed by atoms with Gasteiger partial charge in [-0.2, -0.15) is 0 Å². The molecule has 4 heterocycles. The molecule has 0 unspecified atom stereocenters. The standard InChI is InChI=1S/C27H27N5O5S2/c1-3-37-26(35)30-14-12-29(13-15-30)23-20(24(33)31-11-5-4-6-22(31)28-23)16-21-25(34)32(27(38)39-21)17-18-7-9-19(36-2)10-8-18/h4-11,16H,3,12-15,17H2,1-2H3. The molecule has 2 aliphatic rings. The number of thiocarbonyl (C=S) groups is 1. The second-order valence-electron chi connectivity index (χ2n) is 8.87. The lowest BCUT2D eigenvalue weighted by Crippen LogP contribution is -2.49. The number of carbonyl (C=O) groups excluding carboxylic acids is 2. The Morgan fingerprint density at radius 1 is 1.10 bits per heavy atom. The molecular weight excluding hydrogens is 538 g/mol. The predicted octanol–water partition coefficient (Wildman–Crippen LogP) is 3.38. The van der Waals surface area contributed by atoms with Crippen LogP contribution in [0.15, 0.2) is 58.4 Å². The number of thioether (sulfide) groups is 1. The number of hydrogen-bond acceptors (Lipinski definition) is 9. The molecule has 3 aromatic rings. The topological polar surface area (TPSA) is 96.7 Å². The van der Waals surface area contributed by atoms with E-state index in [0.29, 0.717) is 65.6 Å². The molecule has 12 heteroatoms. The van der Waals surface area contributed by atoms with E-state index in [-0.39, 0.29) is 17.6 Å². The summed E-state index contributed by atoms with van der Waals surface area (Å²) in [7, 11) is 1.60. The van der Waals surface area contributed by atoms with E-state index in [0.717, 1.165) is 23.1 Å².